The standard InChI is InChI=1S/C23H21ClN2O3S/c24-20-12-10-17(11-13-20)15-25-23(27)22-14-18-6-4-5-7-19(18)16-26(22)30(28,29)21-8-2-1-3-9-21/h1-13,22H,14-16H2,(H,25,27)/t22-/m0/s1. The third kappa shape index (κ3) is 4.26. The number of sulfonamides is 1. The number of carbonyl (C=O) groups is 1. The summed E-state index contributed by atoms with van der Waals surface area (Å²) in [6.07, 6.45) is 0.328. The molecule has 30 heavy (non-hydrogen) atoms. The Kier molecular flexibility index (Phi) is 5.90. The maximum Gasteiger partial charge on any atom is 0.244 e. The fourth-order valence-corrected chi connectivity index (χ4v) is 5.32. The molecule has 1 N–H and O–H groups in total. The van der Waals surface area contributed by atoms with Crippen molar-refractivity contribution in [2.75, 3.05) is 0 Å². The number of amides is 1. The van der Waals surface area contributed by atoms with E-state index in [0.29, 0.717) is 18.0 Å². The maximum atomic E-state index is 13.4. The number of fused-ring (bicyclic) bond motifs is 1. The van der Waals surface area contributed by atoms with E-state index in [1.807, 2.05) is 36.4 Å². The van der Waals surface area contributed by atoms with E-state index >= 15 is 0 Å². The fourth-order valence-electron chi connectivity index (χ4n) is 3.61. The molecule has 1 aliphatic heterocycles. The van der Waals surface area contributed by atoms with Gasteiger partial charge in [0.2, 0.25) is 15.9 Å². The third-order valence-corrected chi connectivity index (χ3v) is 7.36. The van der Waals surface area contributed by atoms with Gasteiger partial charge in [-0.2, -0.15) is 4.31 Å². The molecule has 0 unspecified atom stereocenters. The van der Waals surface area contributed by atoms with Gasteiger partial charge >= 0.3 is 0 Å². The lowest BCUT2D eigenvalue weighted by Crippen LogP contribution is -2.52. The van der Waals surface area contributed by atoms with Gasteiger partial charge in [0.25, 0.3) is 0 Å². The smallest absolute Gasteiger partial charge is 0.244 e. The van der Waals surface area contributed by atoms with Crippen LogP contribution in [0.4, 0.5) is 0 Å². The largest absolute Gasteiger partial charge is 0.351 e. The Morgan fingerprint density at radius 3 is 2.27 bits per heavy atom. The van der Waals surface area contributed by atoms with Crippen LogP contribution in [-0.4, -0.2) is 24.7 Å². The van der Waals surface area contributed by atoms with Gasteiger partial charge in [0.05, 0.1) is 4.90 Å². The minimum absolute atomic E-state index is 0.159. The summed E-state index contributed by atoms with van der Waals surface area (Å²) in [5, 5.41) is 3.50. The Bertz CT molecular complexity index is 1150. The van der Waals surface area contributed by atoms with Crippen molar-refractivity contribution < 1.29 is 13.2 Å². The predicted molar refractivity (Wildman–Crippen MR) is 116 cm³/mol. The van der Waals surface area contributed by atoms with Gasteiger partial charge in [0, 0.05) is 18.1 Å². The zero-order valence-corrected chi connectivity index (χ0v) is 17.7. The lowest BCUT2D eigenvalue weighted by atomic mass is 9.95. The second-order valence-electron chi connectivity index (χ2n) is 7.20. The third-order valence-electron chi connectivity index (χ3n) is 5.24. The van der Waals surface area contributed by atoms with Crippen LogP contribution in [0.5, 0.6) is 0 Å². The van der Waals surface area contributed by atoms with Crippen LogP contribution in [0.3, 0.4) is 0 Å². The van der Waals surface area contributed by atoms with E-state index in [2.05, 4.69) is 5.32 Å². The monoisotopic (exact) mass is 440 g/mol. The number of nitrogens with one attached hydrogen (secondary N) is 1. The van der Waals surface area contributed by atoms with Crippen LogP contribution in [0.25, 0.3) is 0 Å². The lowest BCUT2D eigenvalue weighted by Gasteiger charge is -2.35. The van der Waals surface area contributed by atoms with E-state index in [0.717, 1.165) is 16.7 Å². The molecule has 0 saturated heterocycles. The highest BCUT2D eigenvalue weighted by atomic mass is 35.5. The van der Waals surface area contributed by atoms with Gasteiger partial charge in [0.1, 0.15) is 6.04 Å². The van der Waals surface area contributed by atoms with Crippen molar-refractivity contribution in [3.63, 3.8) is 0 Å². The van der Waals surface area contributed by atoms with Crippen LogP contribution >= 0.6 is 11.6 Å². The molecule has 0 radical (unpaired) electrons. The van der Waals surface area contributed by atoms with Gasteiger partial charge in [-0.25, -0.2) is 8.42 Å². The maximum absolute atomic E-state index is 13.4. The summed E-state index contributed by atoms with van der Waals surface area (Å²) >= 11 is 5.91. The van der Waals surface area contributed by atoms with E-state index in [-0.39, 0.29) is 17.3 Å². The number of benzene rings is 3. The molecule has 1 heterocycles. The molecule has 154 valence electrons. The second kappa shape index (κ2) is 8.60. The van der Waals surface area contributed by atoms with Crippen LogP contribution in [0.15, 0.2) is 83.8 Å². The predicted octanol–water partition coefficient (Wildman–Crippen LogP) is 3.77. The van der Waals surface area contributed by atoms with E-state index < -0.39 is 16.1 Å². The van der Waals surface area contributed by atoms with Gasteiger partial charge in [0.15, 0.2) is 0 Å². The molecule has 0 aromatic heterocycles. The van der Waals surface area contributed by atoms with E-state index in [9.17, 15) is 13.2 Å². The summed E-state index contributed by atoms with van der Waals surface area (Å²) in [5.74, 6) is -0.320. The highest BCUT2D eigenvalue weighted by Gasteiger charge is 2.39. The first-order chi connectivity index (χ1) is 14.4. The van der Waals surface area contributed by atoms with Crippen LogP contribution in [0.2, 0.25) is 5.02 Å². The molecule has 3 aromatic rings. The summed E-state index contributed by atoms with van der Waals surface area (Å²) in [7, 11) is -3.83. The zero-order chi connectivity index (χ0) is 21.1. The molecule has 5 nitrogen and oxygen atoms in total. The number of rotatable bonds is 5. The van der Waals surface area contributed by atoms with Crippen LogP contribution in [0.1, 0.15) is 16.7 Å². The number of hydrogen-bond donors (Lipinski definition) is 1. The van der Waals surface area contributed by atoms with E-state index in [1.54, 1.807) is 42.5 Å². The molecule has 1 aliphatic rings. The topological polar surface area (TPSA) is 66.5 Å². The normalized spacial score (nSPS) is 16.6. The van der Waals surface area contributed by atoms with Crippen molar-refractivity contribution in [3.05, 3.63) is 101 Å². The van der Waals surface area contributed by atoms with Gasteiger partial charge < -0.3 is 5.32 Å². The summed E-state index contributed by atoms with van der Waals surface area (Å²) in [6.45, 7) is 0.458. The number of halogens is 1. The quantitative estimate of drug-likeness (QED) is 0.656. The molecule has 0 spiro atoms. The SMILES string of the molecule is O=C(NCc1ccc(Cl)cc1)[C@@H]1Cc2ccccc2CN1S(=O)(=O)c1ccccc1. The molecule has 0 bridgehead atoms. The van der Waals surface area contributed by atoms with Gasteiger partial charge in [-0.3, -0.25) is 4.79 Å². The number of nitrogens with zero attached hydrogens (tertiary/aromatic N) is 1. The van der Waals surface area contributed by atoms with E-state index in [1.165, 1.54) is 4.31 Å². The van der Waals surface area contributed by atoms with Crippen LogP contribution in [-0.2, 0) is 34.3 Å². The first-order valence-electron chi connectivity index (χ1n) is 9.61. The van der Waals surface area contributed by atoms with Crippen molar-refractivity contribution >= 4 is 27.5 Å². The molecule has 3 aromatic carbocycles. The van der Waals surface area contributed by atoms with Crippen molar-refractivity contribution in [1.29, 1.82) is 0 Å². The van der Waals surface area contributed by atoms with E-state index in [4.69, 9.17) is 11.6 Å². The first-order valence-corrected chi connectivity index (χ1v) is 11.4. The number of carbonyl (C=O) groups excluding carboxylic acids is 1. The molecular weight excluding hydrogens is 420 g/mol. The minimum Gasteiger partial charge on any atom is -0.351 e. The zero-order valence-electron chi connectivity index (χ0n) is 16.2. The van der Waals surface area contributed by atoms with Gasteiger partial charge in [-0.1, -0.05) is 66.2 Å². The lowest BCUT2D eigenvalue weighted by molar-refractivity contribution is -0.125. The summed E-state index contributed by atoms with van der Waals surface area (Å²) in [4.78, 5) is 13.3. The van der Waals surface area contributed by atoms with Crippen molar-refractivity contribution in [2.24, 2.45) is 0 Å². The Labute approximate surface area is 181 Å². The highest BCUT2D eigenvalue weighted by Crippen LogP contribution is 2.29. The van der Waals surface area contributed by atoms with Crippen molar-refractivity contribution in [3.8, 4) is 0 Å². The van der Waals surface area contributed by atoms with Gasteiger partial charge in [-0.15, -0.1) is 0 Å². The average Bonchev–Trinajstić information content (AvgIpc) is 2.78. The Hall–Kier alpha value is -2.67. The molecule has 0 aliphatic carbocycles. The van der Waals surface area contributed by atoms with Crippen molar-refractivity contribution in [1.82, 2.24) is 9.62 Å². The van der Waals surface area contributed by atoms with Crippen molar-refractivity contribution in [2.45, 2.75) is 30.4 Å². The summed E-state index contributed by atoms with van der Waals surface area (Å²) in [6, 6.07) is 22.2. The summed E-state index contributed by atoms with van der Waals surface area (Å²) in [5.41, 5.74) is 2.80. The highest BCUT2D eigenvalue weighted by molar-refractivity contribution is 7.89. The van der Waals surface area contributed by atoms with Crippen LogP contribution in [0, 0.1) is 0 Å². The Morgan fingerprint density at radius 2 is 1.57 bits per heavy atom. The molecule has 1 atom stereocenters. The molecule has 7 heteroatoms. The van der Waals surface area contributed by atoms with Gasteiger partial charge in [-0.05, 0) is 47.4 Å². The molecule has 4 rings (SSSR count). The molecule has 0 fully saturated rings. The van der Waals surface area contributed by atoms with Crippen LogP contribution < -0.4 is 5.32 Å². The minimum atomic E-state index is -3.83. The Morgan fingerprint density at radius 1 is 0.933 bits per heavy atom. The average molecular weight is 441 g/mol. The Balaban J connectivity index is 1.62. The number of hydrogen-bond acceptors (Lipinski definition) is 3. The molecule has 1 amide bonds. The molecule has 0 saturated carbocycles. The summed E-state index contributed by atoms with van der Waals surface area (Å²) < 4.78 is 28.0. The molecular formula is C23H21ClN2O3S. The fraction of sp³-hybridized carbons (Fsp3) is 0.174. The second-order valence-corrected chi connectivity index (χ2v) is 9.52. The first kappa shape index (κ1) is 20.6.